The Morgan fingerprint density at radius 1 is 1.38 bits per heavy atom. The van der Waals surface area contributed by atoms with Crippen molar-refractivity contribution < 1.29 is 19.2 Å². The second-order valence-corrected chi connectivity index (χ2v) is 4.06. The van der Waals surface area contributed by atoms with Gasteiger partial charge in [-0.2, -0.15) is 0 Å². The monoisotopic (exact) mass is 188 g/mol. The number of carboxylic acids is 1. The van der Waals surface area contributed by atoms with Gasteiger partial charge in [0.05, 0.1) is 33.2 Å². The maximum Gasteiger partial charge on any atom is 0.275 e. The number of aliphatic carboxylic acids is 1. The SMILES string of the molecule is C[C@H](NC(=O)C[N+](C)(C)C)C(=O)[O-]. The number of hydrogen-bond donors (Lipinski definition) is 1. The first-order valence-electron chi connectivity index (χ1n) is 4.03. The topological polar surface area (TPSA) is 69.2 Å². The van der Waals surface area contributed by atoms with E-state index in [1.165, 1.54) is 6.92 Å². The van der Waals surface area contributed by atoms with Gasteiger partial charge in [-0.3, -0.25) is 4.79 Å². The van der Waals surface area contributed by atoms with Gasteiger partial charge in [0.15, 0.2) is 6.54 Å². The molecule has 0 unspecified atom stereocenters. The van der Waals surface area contributed by atoms with Crippen LogP contribution in [0.2, 0.25) is 0 Å². The zero-order chi connectivity index (χ0) is 10.6. The number of carbonyl (C=O) groups excluding carboxylic acids is 2. The fourth-order valence-corrected chi connectivity index (χ4v) is 0.777. The van der Waals surface area contributed by atoms with Crippen LogP contribution in [0.4, 0.5) is 0 Å². The molecule has 1 N–H and O–H groups in total. The Morgan fingerprint density at radius 3 is 2.15 bits per heavy atom. The van der Waals surface area contributed by atoms with Crippen molar-refractivity contribution in [3.05, 3.63) is 0 Å². The lowest BCUT2D eigenvalue weighted by atomic mass is 10.3. The van der Waals surface area contributed by atoms with Crippen molar-refractivity contribution >= 4 is 11.9 Å². The van der Waals surface area contributed by atoms with Gasteiger partial charge in [-0.25, -0.2) is 0 Å². The van der Waals surface area contributed by atoms with E-state index in [0.29, 0.717) is 4.48 Å². The smallest absolute Gasteiger partial charge is 0.275 e. The summed E-state index contributed by atoms with van der Waals surface area (Å²) < 4.78 is 0.464. The zero-order valence-corrected chi connectivity index (χ0v) is 8.46. The highest BCUT2D eigenvalue weighted by Gasteiger charge is 2.16. The highest BCUT2D eigenvalue weighted by atomic mass is 16.4. The summed E-state index contributed by atoms with van der Waals surface area (Å²) in [5, 5.41) is 12.6. The average molecular weight is 188 g/mol. The van der Waals surface area contributed by atoms with Crippen LogP contribution in [0.25, 0.3) is 0 Å². The van der Waals surface area contributed by atoms with Crippen LogP contribution >= 0.6 is 0 Å². The molecule has 76 valence electrons. The Balaban J connectivity index is 3.96. The molecule has 0 saturated carbocycles. The third-order valence-corrected chi connectivity index (χ3v) is 1.35. The molecule has 0 aromatic heterocycles. The lowest BCUT2D eigenvalue weighted by Gasteiger charge is -2.24. The van der Waals surface area contributed by atoms with Gasteiger partial charge in [-0.15, -0.1) is 0 Å². The summed E-state index contributed by atoms with van der Waals surface area (Å²) in [6.07, 6.45) is 0. The Morgan fingerprint density at radius 2 is 1.85 bits per heavy atom. The van der Waals surface area contributed by atoms with Crippen LogP contribution < -0.4 is 10.4 Å². The summed E-state index contributed by atoms with van der Waals surface area (Å²) in [6, 6.07) is -0.931. The third-order valence-electron chi connectivity index (χ3n) is 1.35. The van der Waals surface area contributed by atoms with E-state index in [1.54, 1.807) is 0 Å². The molecule has 13 heavy (non-hydrogen) atoms. The summed E-state index contributed by atoms with van der Waals surface area (Å²) in [5.74, 6) is -1.56. The van der Waals surface area contributed by atoms with Crippen molar-refractivity contribution in [2.75, 3.05) is 27.7 Å². The van der Waals surface area contributed by atoms with Gasteiger partial charge >= 0.3 is 0 Å². The van der Waals surface area contributed by atoms with Gasteiger partial charge in [0.1, 0.15) is 0 Å². The molecule has 0 heterocycles. The average Bonchev–Trinajstić information content (AvgIpc) is 1.81. The molecular weight excluding hydrogens is 172 g/mol. The molecule has 0 aromatic carbocycles. The van der Waals surface area contributed by atoms with Crippen LogP contribution in [0.1, 0.15) is 6.92 Å². The first kappa shape index (κ1) is 11.9. The normalized spacial score (nSPS) is 13.5. The van der Waals surface area contributed by atoms with Gasteiger partial charge < -0.3 is 19.7 Å². The van der Waals surface area contributed by atoms with Crippen LogP contribution in [0.3, 0.4) is 0 Å². The second kappa shape index (κ2) is 4.23. The number of quaternary nitrogens is 1. The number of rotatable bonds is 4. The summed E-state index contributed by atoms with van der Waals surface area (Å²) in [4.78, 5) is 21.4. The van der Waals surface area contributed by atoms with E-state index in [0.717, 1.165) is 0 Å². The molecule has 0 bridgehead atoms. The number of hydrogen-bond acceptors (Lipinski definition) is 3. The summed E-state index contributed by atoms with van der Waals surface area (Å²) in [7, 11) is 5.55. The molecule has 5 heteroatoms. The maximum absolute atomic E-state index is 11.2. The molecule has 1 amide bonds. The minimum atomic E-state index is -1.27. The molecule has 0 rings (SSSR count). The number of amides is 1. The highest BCUT2D eigenvalue weighted by Crippen LogP contribution is 1.89. The van der Waals surface area contributed by atoms with Crippen molar-refractivity contribution in [2.24, 2.45) is 0 Å². The quantitative estimate of drug-likeness (QED) is 0.516. The van der Waals surface area contributed by atoms with E-state index in [1.807, 2.05) is 21.1 Å². The van der Waals surface area contributed by atoms with Crippen LogP contribution in [0.15, 0.2) is 0 Å². The van der Waals surface area contributed by atoms with Crippen molar-refractivity contribution in [1.29, 1.82) is 0 Å². The minimum absolute atomic E-state index is 0.248. The number of carboxylic acid groups (broad SMARTS) is 1. The van der Waals surface area contributed by atoms with Crippen molar-refractivity contribution in [3.8, 4) is 0 Å². The van der Waals surface area contributed by atoms with Crippen LogP contribution in [0, 0.1) is 0 Å². The van der Waals surface area contributed by atoms with Crippen LogP contribution in [0.5, 0.6) is 0 Å². The molecule has 0 aromatic rings. The molecule has 0 fully saturated rings. The Labute approximate surface area is 77.9 Å². The first-order valence-corrected chi connectivity index (χ1v) is 4.03. The zero-order valence-electron chi connectivity index (χ0n) is 8.46. The van der Waals surface area contributed by atoms with Crippen molar-refractivity contribution in [1.82, 2.24) is 5.32 Å². The molecule has 0 aliphatic heterocycles. The lowest BCUT2D eigenvalue weighted by Crippen LogP contribution is -2.51. The highest BCUT2D eigenvalue weighted by molar-refractivity contribution is 5.83. The number of nitrogens with zero attached hydrogens (tertiary/aromatic N) is 1. The van der Waals surface area contributed by atoms with Crippen LogP contribution in [-0.2, 0) is 9.59 Å². The predicted molar refractivity (Wildman–Crippen MR) is 45.5 cm³/mol. The minimum Gasteiger partial charge on any atom is -0.548 e. The van der Waals surface area contributed by atoms with Gasteiger partial charge in [0.2, 0.25) is 0 Å². The number of nitrogens with one attached hydrogen (secondary N) is 1. The molecule has 0 radical (unpaired) electrons. The Kier molecular flexibility index (Phi) is 3.87. The van der Waals surface area contributed by atoms with E-state index < -0.39 is 12.0 Å². The number of carbonyl (C=O) groups is 2. The summed E-state index contributed by atoms with van der Waals surface area (Å²) in [5.41, 5.74) is 0. The van der Waals surface area contributed by atoms with Gasteiger partial charge in [-0.05, 0) is 6.92 Å². The largest absolute Gasteiger partial charge is 0.548 e. The fraction of sp³-hybridized carbons (Fsp3) is 0.750. The van der Waals surface area contributed by atoms with E-state index in [2.05, 4.69) is 5.32 Å². The van der Waals surface area contributed by atoms with Crippen LogP contribution in [-0.4, -0.2) is 50.1 Å². The molecule has 0 aliphatic rings. The summed E-state index contributed by atoms with van der Waals surface area (Å²) in [6.45, 7) is 1.63. The molecule has 0 aliphatic carbocycles. The summed E-state index contributed by atoms with van der Waals surface area (Å²) >= 11 is 0. The molecule has 0 saturated heterocycles. The lowest BCUT2D eigenvalue weighted by molar-refractivity contribution is -0.862. The molecule has 0 spiro atoms. The second-order valence-electron chi connectivity index (χ2n) is 4.06. The van der Waals surface area contributed by atoms with Gasteiger partial charge in [-0.1, -0.05) is 0 Å². The predicted octanol–water partition coefficient (Wildman–Crippen LogP) is -2.05. The van der Waals surface area contributed by atoms with E-state index in [-0.39, 0.29) is 12.5 Å². The standard InChI is InChI=1S/C8H16N2O3/c1-6(8(12)13)9-7(11)5-10(2,3)4/h6H,5H2,1-4H3,(H-,9,11,12,13)/t6-/m0/s1. The van der Waals surface area contributed by atoms with Gasteiger partial charge in [0.25, 0.3) is 5.91 Å². The first-order chi connectivity index (χ1) is 5.72. The van der Waals surface area contributed by atoms with E-state index >= 15 is 0 Å². The third kappa shape index (κ3) is 6.10. The van der Waals surface area contributed by atoms with Gasteiger partial charge in [0, 0.05) is 0 Å². The molecule has 1 atom stereocenters. The maximum atomic E-state index is 11.2. The van der Waals surface area contributed by atoms with E-state index in [4.69, 9.17) is 0 Å². The van der Waals surface area contributed by atoms with Crippen molar-refractivity contribution in [3.63, 3.8) is 0 Å². The molecule has 5 nitrogen and oxygen atoms in total. The number of likely N-dealkylation sites (N-methyl/N-ethyl adjacent to an activating group) is 1. The molecular formula is C8H16N2O3. The Bertz CT molecular complexity index is 208. The fourth-order valence-electron chi connectivity index (χ4n) is 0.777. The van der Waals surface area contributed by atoms with Crippen molar-refractivity contribution in [2.45, 2.75) is 13.0 Å². The Hall–Kier alpha value is -1.10. The van der Waals surface area contributed by atoms with E-state index in [9.17, 15) is 14.7 Å².